The first-order valence-corrected chi connectivity index (χ1v) is 6.83. The fourth-order valence-corrected chi connectivity index (χ4v) is 2.76. The Balaban J connectivity index is 2.23. The number of hydrogen-bond donors (Lipinski definition) is 1. The number of aromatic nitrogens is 1. The predicted molar refractivity (Wildman–Crippen MR) is 78.2 cm³/mol. The zero-order valence-electron chi connectivity index (χ0n) is 10.7. The molecule has 0 aliphatic carbocycles. The molecule has 0 spiro atoms. The normalized spacial score (nSPS) is 11.2. The van der Waals surface area contributed by atoms with Gasteiger partial charge in [0.15, 0.2) is 5.13 Å². The quantitative estimate of drug-likeness (QED) is 0.916. The molecule has 0 aliphatic heterocycles. The molecule has 2 rings (SSSR count). The van der Waals surface area contributed by atoms with Gasteiger partial charge in [0.25, 0.3) is 0 Å². The van der Waals surface area contributed by atoms with Crippen molar-refractivity contribution >= 4 is 38.3 Å². The lowest BCUT2D eigenvalue weighted by Crippen LogP contribution is -2.20. The SMILES string of the molecule is COc1ccc(Cl)c2sc(NCCN(C)C)nc12. The topological polar surface area (TPSA) is 37.4 Å². The highest BCUT2D eigenvalue weighted by Crippen LogP contribution is 2.37. The summed E-state index contributed by atoms with van der Waals surface area (Å²) in [6.07, 6.45) is 0. The predicted octanol–water partition coefficient (Wildman–Crippen LogP) is 2.93. The van der Waals surface area contributed by atoms with E-state index in [-0.39, 0.29) is 0 Å². The number of anilines is 1. The molecule has 2 aromatic rings. The van der Waals surface area contributed by atoms with Crippen LogP contribution >= 0.6 is 22.9 Å². The Morgan fingerprint density at radius 2 is 2.22 bits per heavy atom. The zero-order chi connectivity index (χ0) is 13.1. The molecule has 0 radical (unpaired) electrons. The number of thiazole rings is 1. The first kappa shape index (κ1) is 13.4. The molecule has 1 N–H and O–H groups in total. The van der Waals surface area contributed by atoms with Crippen molar-refractivity contribution in [3.8, 4) is 5.75 Å². The molecule has 98 valence electrons. The second-order valence-corrected chi connectivity index (χ2v) is 5.58. The van der Waals surface area contributed by atoms with Gasteiger partial charge in [-0.05, 0) is 26.2 Å². The molecule has 1 heterocycles. The number of rotatable bonds is 5. The molecule has 0 bridgehead atoms. The molecule has 18 heavy (non-hydrogen) atoms. The smallest absolute Gasteiger partial charge is 0.184 e. The zero-order valence-corrected chi connectivity index (χ0v) is 12.2. The van der Waals surface area contributed by atoms with E-state index in [4.69, 9.17) is 16.3 Å². The summed E-state index contributed by atoms with van der Waals surface area (Å²) in [5.41, 5.74) is 0.822. The van der Waals surface area contributed by atoms with Crippen LogP contribution in [0.4, 0.5) is 5.13 Å². The number of ether oxygens (including phenoxy) is 1. The molecule has 0 fully saturated rings. The van der Waals surface area contributed by atoms with Crippen LogP contribution in [0.2, 0.25) is 5.02 Å². The molecule has 0 atom stereocenters. The summed E-state index contributed by atoms with van der Waals surface area (Å²) in [6, 6.07) is 3.68. The molecule has 0 amide bonds. The van der Waals surface area contributed by atoms with Crippen molar-refractivity contribution in [2.24, 2.45) is 0 Å². The van der Waals surface area contributed by atoms with E-state index in [1.165, 1.54) is 0 Å². The number of halogens is 1. The third kappa shape index (κ3) is 2.85. The number of hydrogen-bond acceptors (Lipinski definition) is 5. The summed E-state index contributed by atoms with van der Waals surface area (Å²) >= 11 is 7.72. The van der Waals surface area contributed by atoms with Crippen LogP contribution in [0.5, 0.6) is 5.75 Å². The van der Waals surface area contributed by atoms with Gasteiger partial charge in [0.05, 0.1) is 16.8 Å². The fourth-order valence-electron chi connectivity index (χ4n) is 1.58. The van der Waals surface area contributed by atoms with Crippen LogP contribution in [0.25, 0.3) is 10.2 Å². The minimum atomic E-state index is 0.712. The average molecular weight is 286 g/mol. The van der Waals surface area contributed by atoms with Gasteiger partial charge in [0.2, 0.25) is 0 Å². The highest BCUT2D eigenvalue weighted by Gasteiger charge is 2.11. The van der Waals surface area contributed by atoms with Crippen molar-refractivity contribution in [1.29, 1.82) is 0 Å². The maximum absolute atomic E-state index is 6.16. The van der Waals surface area contributed by atoms with E-state index < -0.39 is 0 Å². The second-order valence-electron chi connectivity index (χ2n) is 4.18. The molecule has 1 aromatic heterocycles. The van der Waals surface area contributed by atoms with E-state index in [9.17, 15) is 0 Å². The van der Waals surface area contributed by atoms with Crippen molar-refractivity contribution in [1.82, 2.24) is 9.88 Å². The molecule has 6 heteroatoms. The highest BCUT2D eigenvalue weighted by molar-refractivity contribution is 7.22. The number of nitrogens with zero attached hydrogens (tertiary/aromatic N) is 2. The third-order valence-corrected chi connectivity index (χ3v) is 3.99. The van der Waals surface area contributed by atoms with Crippen LogP contribution in [-0.4, -0.2) is 44.2 Å². The van der Waals surface area contributed by atoms with Crippen molar-refractivity contribution in [3.05, 3.63) is 17.2 Å². The summed E-state index contributed by atoms with van der Waals surface area (Å²) in [5.74, 6) is 0.756. The first-order valence-electron chi connectivity index (χ1n) is 5.63. The van der Waals surface area contributed by atoms with E-state index in [0.717, 1.165) is 34.2 Å². The lowest BCUT2D eigenvalue weighted by Gasteiger charge is -2.08. The number of fused-ring (bicyclic) bond motifs is 1. The van der Waals surface area contributed by atoms with Crippen LogP contribution in [0.1, 0.15) is 0 Å². The largest absolute Gasteiger partial charge is 0.494 e. The van der Waals surface area contributed by atoms with E-state index in [1.54, 1.807) is 18.4 Å². The van der Waals surface area contributed by atoms with Gasteiger partial charge in [0, 0.05) is 13.1 Å². The van der Waals surface area contributed by atoms with Crippen molar-refractivity contribution in [2.45, 2.75) is 0 Å². The lowest BCUT2D eigenvalue weighted by molar-refractivity contribution is 0.419. The van der Waals surface area contributed by atoms with E-state index >= 15 is 0 Å². The summed E-state index contributed by atoms with van der Waals surface area (Å²) < 4.78 is 6.25. The number of likely N-dealkylation sites (N-methyl/N-ethyl adjacent to an activating group) is 1. The molecule has 0 saturated carbocycles. The van der Waals surface area contributed by atoms with Gasteiger partial charge in [-0.25, -0.2) is 4.98 Å². The third-order valence-electron chi connectivity index (χ3n) is 2.51. The van der Waals surface area contributed by atoms with Gasteiger partial charge < -0.3 is 15.0 Å². The fraction of sp³-hybridized carbons (Fsp3) is 0.417. The Labute approximate surface area is 116 Å². The Bertz CT molecular complexity index is 541. The lowest BCUT2D eigenvalue weighted by atomic mass is 10.3. The molecular weight excluding hydrogens is 270 g/mol. The van der Waals surface area contributed by atoms with Crippen LogP contribution in [-0.2, 0) is 0 Å². The molecule has 4 nitrogen and oxygen atoms in total. The van der Waals surface area contributed by atoms with Gasteiger partial charge in [0.1, 0.15) is 11.3 Å². The summed E-state index contributed by atoms with van der Waals surface area (Å²) in [5, 5.41) is 4.88. The minimum absolute atomic E-state index is 0.712. The second kappa shape index (κ2) is 5.73. The number of nitrogens with one attached hydrogen (secondary N) is 1. The average Bonchev–Trinajstić information content (AvgIpc) is 2.74. The van der Waals surface area contributed by atoms with E-state index in [2.05, 4.69) is 15.2 Å². The molecule has 0 saturated heterocycles. The summed E-state index contributed by atoms with van der Waals surface area (Å²) in [7, 11) is 5.72. The van der Waals surface area contributed by atoms with Gasteiger partial charge in [-0.2, -0.15) is 0 Å². The highest BCUT2D eigenvalue weighted by atomic mass is 35.5. The van der Waals surface area contributed by atoms with Crippen LogP contribution < -0.4 is 10.1 Å². The van der Waals surface area contributed by atoms with Crippen molar-refractivity contribution < 1.29 is 4.74 Å². The van der Waals surface area contributed by atoms with E-state index in [1.807, 2.05) is 26.2 Å². The van der Waals surface area contributed by atoms with Gasteiger partial charge >= 0.3 is 0 Å². The molecule has 0 aliphatic rings. The standard InChI is InChI=1S/C12H16ClN3OS/c1-16(2)7-6-14-12-15-10-9(17-3)5-4-8(13)11(10)18-12/h4-5H,6-7H2,1-3H3,(H,14,15). The Hall–Kier alpha value is -1.04. The Morgan fingerprint density at radius 3 is 2.89 bits per heavy atom. The van der Waals surface area contributed by atoms with Crippen LogP contribution in [0, 0.1) is 0 Å². The summed E-state index contributed by atoms with van der Waals surface area (Å²) in [6.45, 7) is 1.81. The van der Waals surface area contributed by atoms with Crippen molar-refractivity contribution in [2.75, 3.05) is 39.6 Å². The molecular formula is C12H16ClN3OS. The first-order chi connectivity index (χ1) is 8.61. The van der Waals surface area contributed by atoms with Crippen molar-refractivity contribution in [3.63, 3.8) is 0 Å². The molecule has 1 aromatic carbocycles. The number of benzene rings is 1. The maximum atomic E-state index is 6.16. The summed E-state index contributed by atoms with van der Waals surface area (Å²) in [4.78, 5) is 6.64. The van der Waals surface area contributed by atoms with E-state index in [0.29, 0.717) is 5.02 Å². The minimum Gasteiger partial charge on any atom is -0.494 e. The number of methoxy groups -OCH3 is 1. The van der Waals surface area contributed by atoms with Gasteiger partial charge in [-0.15, -0.1) is 0 Å². The monoisotopic (exact) mass is 285 g/mol. The van der Waals surface area contributed by atoms with Crippen LogP contribution in [0.15, 0.2) is 12.1 Å². The Kier molecular flexibility index (Phi) is 4.27. The molecule has 0 unspecified atom stereocenters. The maximum Gasteiger partial charge on any atom is 0.184 e. The van der Waals surface area contributed by atoms with Gasteiger partial charge in [-0.3, -0.25) is 0 Å². The Morgan fingerprint density at radius 1 is 1.44 bits per heavy atom. The van der Waals surface area contributed by atoms with Gasteiger partial charge in [-0.1, -0.05) is 22.9 Å². The van der Waals surface area contributed by atoms with Crippen LogP contribution in [0.3, 0.4) is 0 Å².